The number of unbranched alkanes of at least 4 members (excludes halogenated alkanes) is 1. The van der Waals surface area contributed by atoms with Gasteiger partial charge in [-0.3, -0.25) is 0 Å². The zero-order valence-corrected chi connectivity index (χ0v) is 12.0. The van der Waals surface area contributed by atoms with Gasteiger partial charge in [-0.1, -0.05) is 38.1 Å². The molecule has 2 N–H and O–H groups in total. The fourth-order valence-electron chi connectivity index (χ4n) is 2.02. The summed E-state index contributed by atoms with van der Waals surface area (Å²) < 4.78 is 0. The van der Waals surface area contributed by atoms with Crippen LogP contribution in [-0.4, -0.2) is 18.2 Å². The fourth-order valence-corrected chi connectivity index (χ4v) is 2.02. The van der Waals surface area contributed by atoms with Crippen LogP contribution in [0.25, 0.3) is 0 Å². The molecule has 0 aliphatic rings. The highest BCUT2D eigenvalue weighted by atomic mass is 16.3. The molecule has 0 amide bonds. The van der Waals surface area contributed by atoms with Gasteiger partial charge in [-0.05, 0) is 36.4 Å². The standard InChI is InChI=1S/C17H25NO/c1-4-5-6-11-18-13-17(19)16-9-7-15(8-10-16)12-14(2)3/h1,7-10,14,17-19H,5-6,11-13H2,2-3H3. The Labute approximate surface area is 117 Å². The number of terminal acetylenes is 1. The predicted octanol–water partition coefficient (Wildman–Crippen LogP) is 2.92. The van der Waals surface area contributed by atoms with E-state index in [4.69, 9.17) is 6.42 Å². The molecule has 0 bridgehead atoms. The number of aliphatic hydroxyl groups excluding tert-OH is 1. The number of rotatable bonds is 8. The molecular weight excluding hydrogens is 234 g/mol. The van der Waals surface area contributed by atoms with Crippen molar-refractivity contribution < 1.29 is 5.11 Å². The van der Waals surface area contributed by atoms with Crippen LogP contribution in [0.3, 0.4) is 0 Å². The van der Waals surface area contributed by atoms with Crippen LogP contribution in [0.15, 0.2) is 24.3 Å². The SMILES string of the molecule is C#CCCCNCC(O)c1ccc(CC(C)C)cc1. The minimum absolute atomic E-state index is 0.445. The summed E-state index contributed by atoms with van der Waals surface area (Å²) in [6.07, 6.45) is 7.56. The second-order valence-electron chi connectivity index (χ2n) is 5.37. The van der Waals surface area contributed by atoms with E-state index in [0.717, 1.165) is 31.4 Å². The first-order valence-electron chi connectivity index (χ1n) is 7.04. The minimum Gasteiger partial charge on any atom is -0.387 e. The quantitative estimate of drug-likeness (QED) is 0.556. The number of nitrogens with one attached hydrogen (secondary N) is 1. The molecule has 1 aromatic carbocycles. The number of hydrogen-bond donors (Lipinski definition) is 2. The van der Waals surface area contributed by atoms with Crippen LogP contribution in [0, 0.1) is 18.3 Å². The second-order valence-corrected chi connectivity index (χ2v) is 5.37. The molecule has 1 aromatic rings. The Hall–Kier alpha value is -1.30. The average molecular weight is 259 g/mol. The maximum atomic E-state index is 10.0. The molecule has 104 valence electrons. The van der Waals surface area contributed by atoms with Crippen molar-refractivity contribution in [3.63, 3.8) is 0 Å². The third-order valence-corrected chi connectivity index (χ3v) is 3.02. The lowest BCUT2D eigenvalue weighted by molar-refractivity contribution is 0.175. The zero-order chi connectivity index (χ0) is 14.1. The van der Waals surface area contributed by atoms with Gasteiger partial charge in [-0.25, -0.2) is 0 Å². The van der Waals surface area contributed by atoms with Crippen molar-refractivity contribution in [2.45, 2.75) is 39.2 Å². The van der Waals surface area contributed by atoms with E-state index in [1.54, 1.807) is 0 Å². The van der Waals surface area contributed by atoms with E-state index >= 15 is 0 Å². The van der Waals surface area contributed by atoms with Crippen molar-refractivity contribution in [2.24, 2.45) is 5.92 Å². The molecule has 1 rings (SSSR count). The second kappa shape index (κ2) is 8.74. The summed E-state index contributed by atoms with van der Waals surface area (Å²) in [4.78, 5) is 0. The van der Waals surface area contributed by atoms with E-state index in [-0.39, 0.29) is 0 Å². The van der Waals surface area contributed by atoms with Crippen LogP contribution < -0.4 is 5.32 Å². The highest BCUT2D eigenvalue weighted by molar-refractivity contribution is 5.24. The van der Waals surface area contributed by atoms with E-state index in [1.165, 1.54) is 5.56 Å². The molecular formula is C17H25NO. The molecule has 2 nitrogen and oxygen atoms in total. The van der Waals surface area contributed by atoms with Crippen molar-refractivity contribution in [1.82, 2.24) is 5.32 Å². The van der Waals surface area contributed by atoms with E-state index in [0.29, 0.717) is 12.5 Å². The molecule has 0 aliphatic carbocycles. The van der Waals surface area contributed by atoms with Gasteiger partial charge in [0.1, 0.15) is 0 Å². The molecule has 0 radical (unpaired) electrons. The molecule has 0 aromatic heterocycles. The molecule has 0 saturated heterocycles. The Morgan fingerprint density at radius 3 is 2.53 bits per heavy atom. The molecule has 2 heteroatoms. The average Bonchev–Trinajstić information content (AvgIpc) is 2.38. The van der Waals surface area contributed by atoms with Gasteiger partial charge in [0, 0.05) is 13.0 Å². The Kier molecular flexibility index (Phi) is 7.25. The fraction of sp³-hybridized carbons (Fsp3) is 0.529. The Morgan fingerprint density at radius 2 is 1.95 bits per heavy atom. The third-order valence-electron chi connectivity index (χ3n) is 3.02. The third kappa shape index (κ3) is 6.42. The van der Waals surface area contributed by atoms with Crippen molar-refractivity contribution in [1.29, 1.82) is 0 Å². The number of benzene rings is 1. The molecule has 0 spiro atoms. The van der Waals surface area contributed by atoms with Gasteiger partial charge in [0.25, 0.3) is 0 Å². The molecule has 0 heterocycles. The van der Waals surface area contributed by atoms with Crippen molar-refractivity contribution >= 4 is 0 Å². The largest absolute Gasteiger partial charge is 0.387 e. The normalized spacial score (nSPS) is 12.4. The van der Waals surface area contributed by atoms with E-state index in [1.807, 2.05) is 12.1 Å². The zero-order valence-electron chi connectivity index (χ0n) is 12.0. The Balaban J connectivity index is 2.36. The van der Waals surface area contributed by atoms with Gasteiger partial charge in [0.2, 0.25) is 0 Å². The van der Waals surface area contributed by atoms with Crippen LogP contribution in [-0.2, 0) is 6.42 Å². The van der Waals surface area contributed by atoms with Crippen molar-refractivity contribution in [2.75, 3.05) is 13.1 Å². The molecule has 0 fully saturated rings. The van der Waals surface area contributed by atoms with Gasteiger partial charge in [0.15, 0.2) is 0 Å². The Morgan fingerprint density at radius 1 is 1.26 bits per heavy atom. The highest BCUT2D eigenvalue weighted by Gasteiger charge is 2.07. The summed E-state index contributed by atoms with van der Waals surface area (Å²) in [5.41, 5.74) is 2.30. The summed E-state index contributed by atoms with van der Waals surface area (Å²) in [5, 5.41) is 13.3. The summed E-state index contributed by atoms with van der Waals surface area (Å²) in [6, 6.07) is 8.25. The number of aliphatic hydroxyl groups is 1. The molecule has 1 unspecified atom stereocenters. The summed E-state index contributed by atoms with van der Waals surface area (Å²) in [7, 11) is 0. The maximum absolute atomic E-state index is 10.0. The Bertz CT molecular complexity index is 389. The smallest absolute Gasteiger partial charge is 0.0914 e. The molecule has 1 atom stereocenters. The van der Waals surface area contributed by atoms with Crippen molar-refractivity contribution in [3.05, 3.63) is 35.4 Å². The highest BCUT2D eigenvalue weighted by Crippen LogP contribution is 2.15. The summed E-state index contributed by atoms with van der Waals surface area (Å²) in [5.74, 6) is 3.27. The van der Waals surface area contributed by atoms with Gasteiger partial charge in [-0.15, -0.1) is 12.3 Å². The first-order valence-corrected chi connectivity index (χ1v) is 7.04. The van der Waals surface area contributed by atoms with Crippen LogP contribution >= 0.6 is 0 Å². The van der Waals surface area contributed by atoms with E-state index in [2.05, 4.69) is 37.2 Å². The summed E-state index contributed by atoms with van der Waals surface area (Å²) in [6.45, 7) is 5.85. The molecule has 19 heavy (non-hydrogen) atoms. The van der Waals surface area contributed by atoms with Crippen LogP contribution in [0.1, 0.15) is 43.9 Å². The van der Waals surface area contributed by atoms with E-state index < -0.39 is 6.10 Å². The van der Waals surface area contributed by atoms with Crippen LogP contribution in [0.4, 0.5) is 0 Å². The van der Waals surface area contributed by atoms with Crippen molar-refractivity contribution in [3.8, 4) is 12.3 Å². The first-order chi connectivity index (χ1) is 9.13. The van der Waals surface area contributed by atoms with Crippen LogP contribution in [0.5, 0.6) is 0 Å². The van der Waals surface area contributed by atoms with Gasteiger partial charge < -0.3 is 10.4 Å². The lowest BCUT2D eigenvalue weighted by atomic mass is 10.0. The van der Waals surface area contributed by atoms with Gasteiger partial charge in [-0.2, -0.15) is 0 Å². The maximum Gasteiger partial charge on any atom is 0.0914 e. The van der Waals surface area contributed by atoms with Gasteiger partial charge in [0.05, 0.1) is 6.10 Å². The molecule has 0 saturated carbocycles. The monoisotopic (exact) mass is 259 g/mol. The lowest BCUT2D eigenvalue weighted by Crippen LogP contribution is -2.22. The minimum atomic E-state index is -0.445. The van der Waals surface area contributed by atoms with Crippen LogP contribution in [0.2, 0.25) is 0 Å². The van der Waals surface area contributed by atoms with E-state index in [9.17, 15) is 5.11 Å². The van der Waals surface area contributed by atoms with Gasteiger partial charge >= 0.3 is 0 Å². The predicted molar refractivity (Wildman–Crippen MR) is 80.9 cm³/mol. The first kappa shape index (κ1) is 15.8. The molecule has 0 aliphatic heterocycles. The summed E-state index contributed by atoms with van der Waals surface area (Å²) >= 11 is 0. The topological polar surface area (TPSA) is 32.3 Å². The number of hydrogen-bond acceptors (Lipinski definition) is 2. The lowest BCUT2D eigenvalue weighted by Gasteiger charge is -2.13.